The lowest BCUT2D eigenvalue weighted by atomic mass is 10.0. The van der Waals surface area contributed by atoms with Crippen LogP contribution >= 0.6 is 0 Å². The largest absolute Gasteiger partial charge is 0.396 e. The van der Waals surface area contributed by atoms with E-state index in [2.05, 4.69) is 41.0 Å². The molecule has 0 saturated carbocycles. The molecular formula is C21H27FN2O. The van der Waals surface area contributed by atoms with E-state index in [0.717, 1.165) is 38.2 Å². The summed E-state index contributed by atoms with van der Waals surface area (Å²) in [5, 5.41) is 9.47. The van der Waals surface area contributed by atoms with E-state index in [-0.39, 0.29) is 12.4 Å². The van der Waals surface area contributed by atoms with Crippen LogP contribution in [0.2, 0.25) is 0 Å². The Morgan fingerprint density at radius 2 is 1.72 bits per heavy atom. The van der Waals surface area contributed by atoms with Crippen LogP contribution in [0.5, 0.6) is 0 Å². The van der Waals surface area contributed by atoms with E-state index >= 15 is 0 Å². The molecule has 0 aliphatic carbocycles. The molecule has 1 aliphatic heterocycles. The van der Waals surface area contributed by atoms with Crippen molar-refractivity contribution in [3.05, 3.63) is 71.0 Å². The lowest BCUT2D eigenvalue weighted by molar-refractivity contribution is 0.0493. The minimum Gasteiger partial charge on any atom is -0.396 e. The SMILES string of the molecule is Cc1ccccc1CN1CCN(Cc2ccccc2F)C[C@@H]1CCO. The van der Waals surface area contributed by atoms with Gasteiger partial charge in [0.1, 0.15) is 5.82 Å². The summed E-state index contributed by atoms with van der Waals surface area (Å²) in [5.41, 5.74) is 3.39. The van der Waals surface area contributed by atoms with Crippen LogP contribution in [0.3, 0.4) is 0 Å². The van der Waals surface area contributed by atoms with Gasteiger partial charge < -0.3 is 5.11 Å². The van der Waals surface area contributed by atoms with Gasteiger partial charge in [-0.1, -0.05) is 42.5 Å². The summed E-state index contributed by atoms with van der Waals surface area (Å²) >= 11 is 0. The average molecular weight is 342 g/mol. The van der Waals surface area contributed by atoms with Crippen LogP contribution in [-0.2, 0) is 13.1 Å². The number of hydrogen-bond acceptors (Lipinski definition) is 3. The molecule has 0 radical (unpaired) electrons. The molecule has 0 bridgehead atoms. The average Bonchev–Trinajstić information content (AvgIpc) is 2.61. The van der Waals surface area contributed by atoms with Gasteiger partial charge in [-0.15, -0.1) is 0 Å². The lowest BCUT2D eigenvalue weighted by Crippen LogP contribution is -2.52. The highest BCUT2D eigenvalue weighted by Gasteiger charge is 2.27. The molecule has 3 rings (SSSR count). The van der Waals surface area contributed by atoms with Gasteiger partial charge in [-0.3, -0.25) is 9.80 Å². The van der Waals surface area contributed by atoms with Crippen molar-refractivity contribution in [2.24, 2.45) is 0 Å². The number of aliphatic hydroxyl groups is 1. The summed E-state index contributed by atoms with van der Waals surface area (Å²) in [4.78, 5) is 4.75. The second-order valence-corrected chi connectivity index (χ2v) is 6.89. The molecule has 1 atom stereocenters. The van der Waals surface area contributed by atoms with E-state index in [1.165, 1.54) is 17.2 Å². The number of rotatable bonds is 6. The van der Waals surface area contributed by atoms with E-state index in [0.29, 0.717) is 12.6 Å². The molecule has 2 aromatic carbocycles. The number of aryl methyl sites for hydroxylation is 1. The van der Waals surface area contributed by atoms with Crippen molar-refractivity contribution >= 4 is 0 Å². The van der Waals surface area contributed by atoms with Crippen molar-refractivity contribution in [3.8, 4) is 0 Å². The highest BCUT2D eigenvalue weighted by molar-refractivity contribution is 5.25. The maximum absolute atomic E-state index is 13.9. The van der Waals surface area contributed by atoms with Gasteiger partial charge in [0.05, 0.1) is 0 Å². The normalized spacial score (nSPS) is 19.2. The molecule has 0 spiro atoms. The number of benzene rings is 2. The minimum absolute atomic E-state index is 0.136. The smallest absolute Gasteiger partial charge is 0.127 e. The highest BCUT2D eigenvalue weighted by atomic mass is 19.1. The maximum atomic E-state index is 13.9. The zero-order valence-electron chi connectivity index (χ0n) is 14.9. The summed E-state index contributed by atoms with van der Waals surface area (Å²) in [5.74, 6) is -0.136. The summed E-state index contributed by atoms with van der Waals surface area (Å²) < 4.78 is 13.9. The molecule has 0 amide bonds. The van der Waals surface area contributed by atoms with E-state index in [4.69, 9.17) is 0 Å². The Balaban J connectivity index is 1.66. The summed E-state index contributed by atoms with van der Waals surface area (Å²) in [7, 11) is 0. The maximum Gasteiger partial charge on any atom is 0.127 e. The molecule has 1 fully saturated rings. The Hall–Kier alpha value is -1.75. The highest BCUT2D eigenvalue weighted by Crippen LogP contribution is 2.20. The van der Waals surface area contributed by atoms with Crippen LogP contribution in [-0.4, -0.2) is 47.2 Å². The zero-order chi connectivity index (χ0) is 17.6. The monoisotopic (exact) mass is 342 g/mol. The van der Waals surface area contributed by atoms with Gasteiger partial charge in [-0.25, -0.2) is 4.39 Å². The standard InChI is InChI=1S/C21H27FN2O/c1-17-6-2-3-7-18(17)15-24-12-11-23(16-20(24)10-13-25)14-19-8-4-5-9-21(19)22/h2-9,20,25H,10-16H2,1H3/t20-/m0/s1. The number of hydrogen-bond donors (Lipinski definition) is 1. The number of halogens is 1. The third-order valence-corrected chi connectivity index (χ3v) is 5.14. The van der Waals surface area contributed by atoms with E-state index in [9.17, 15) is 9.50 Å². The quantitative estimate of drug-likeness (QED) is 0.873. The van der Waals surface area contributed by atoms with E-state index in [1.54, 1.807) is 6.07 Å². The molecule has 2 aromatic rings. The number of piperazine rings is 1. The van der Waals surface area contributed by atoms with E-state index < -0.39 is 0 Å². The Kier molecular flexibility index (Phi) is 6.19. The molecule has 1 heterocycles. The molecular weight excluding hydrogens is 315 g/mol. The Labute approximate surface area is 149 Å². The van der Waals surface area contributed by atoms with Gasteiger partial charge in [0.15, 0.2) is 0 Å². The van der Waals surface area contributed by atoms with Gasteiger partial charge in [0.25, 0.3) is 0 Å². The lowest BCUT2D eigenvalue weighted by Gasteiger charge is -2.41. The first-order valence-corrected chi connectivity index (χ1v) is 9.02. The Bertz CT molecular complexity index is 691. The molecule has 134 valence electrons. The molecule has 1 aliphatic rings. The first-order chi connectivity index (χ1) is 12.2. The third kappa shape index (κ3) is 4.66. The Morgan fingerprint density at radius 3 is 2.44 bits per heavy atom. The summed E-state index contributed by atoms with van der Waals surface area (Å²) in [6.07, 6.45) is 0.750. The van der Waals surface area contributed by atoms with Crippen LogP contribution in [0, 0.1) is 12.7 Å². The third-order valence-electron chi connectivity index (χ3n) is 5.14. The number of nitrogens with zero attached hydrogens (tertiary/aromatic N) is 2. The summed E-state index contributed by atoms with van der Waals surface area (Å²) in [6, 6.07) is 15.8. The van der Waals surface area contributed by atoms with Crippen molar-refractivity contribution < 1.29 is 9.50 Å². The predicted molar refractivity (Wildman–Crippen MR) is 98.8 cm³/mol. The van der Waals surface area contributed by atoms with Gasteiger partial charge in [-0.05, 0) is 30.5 Å². The molecule has 0 unspecified atom stereocenters. The van der Waals surface area contributed by atoms with Gasteiger partial charge in [0.2, 0.25) is 0 Å². The van der Waals surface area contributed by atoms with E-state index in [1.807, 2.05) is 12.1 Å². The molecule has 3 nitrogen and oxygen atoms in total. The van der Waals surface area contributed by atoms with Crippen LogP contribution < -0.4 is 0 Å². The van der Waals surface area contributed by atoms with Crippen molar-refractivity contribution in [1.82, 2.24) is 9.80 Å². The van der Waals surface area contributed by atoms with Crippen molar-refractivity contribution in [2.75, 3.05) is 26.2 Å². The first-order valence-electron chi connectivity index (χ1n) is 9.02. The topological polar surface area (TPSA) is 26.7 Å². The van der Waals surface area contributed by atoms with Crippen molar-refractivity contribution in [3.63, 3.8) is 0 Å². The van der Waals surface area contributed by atoms with Crippen LogP contribution in [0.1, 0.15) is 23.1 Å². The molecule has 25 heavy (non-hydrogen) atoms. The fourth-order valence-corrected chi connectivity index (χ4v) is 3.61. The van der Waals surface area contributed by atoms with Crippen molar-refractivity contribution in [2.45, 2.75) is 32.5 Å². The van der Waals surface area contributed by atoms with Crippen LogP contribution in [0.4, 0.5) is 4.39 Å². The van der Waals surface area contributed by atoms with Crippen LogP contribution in [0.15, 0.2) is 48.5 Å². The van der Waals surface area contributed by atoms with Gasteiger partial charge >= 0.3 is 0 Å². The fourth-order valence-electron chi connectivity index (χ4n) is 3.61. The molecule has 4 heteroatoms. The van der Waals surface area contributed by atoms with Crippen LogP contribution in [0.25, 0.3) is 0 Å². The van der Waals surface area contributed by atoms with Crippen molar-refractivity contribution in [1.29, 1.82) is 0 Å². The minimum atomic E-state index is -0.136. The number of aliphatic hydroxyl groups excluding tert-OH is 1. The molecule has 0 aromatic heterocycles. The Morgan fingerprint density at radius 1 is 1.00 bits per heavy atom. The van der Waals surface area contributed by atoms with Gasteiger partial charge in [-0.2, -0.15) is 0 Å². The second-order valence-electron chi connectivity index (χ2n) is 6.89. The molecule has 1 N–H and O–H groups in total. The second kappa shape index (κ2) is 8.56. The van der Waals surface area contributed by atoms with Gasteiger partial charge in [0, 0.05) is 50.9 Å². The predicted octanol–water partition coefficient (Wildman–Crippen LogP) is 3.20. The summed E-state index contributed by atoms with van der Waals surface area (Å²) in [6.45, 7) is 6.58. The zero-order valence-corrected chi connectivity index (χ0v) is 14.9. The molecule has 1 saturated heterocycles. The fraction of sp³-hybridized carbons (Fsp3) is 0.429. The first kappa shape index (κ1) is 18.1.